The van der Waals surface area contributed by atoms with Crippen LogP contribution in [0.3, 0.4) is 0 Å². The Balaban J connectivity index is 1.62. The van der Waals surface area contributed by atoms with E-state index in [1.165, 1.54) is 0 Å². The Bertz CT molecular complexity index is 1010. The lowest BCUT2D eigenvalue weighted by atomic mass is 9.87. The summed E-state index contributed by atoms with van der Waals surface area (Å²) in [7, 11) is 0. The standard InChI is InChI=1S/C24H22Br2O3/c1-24(2,3)18-10-12-22(20(26)14-18)29-23(27)15-28-21-11-9-17(13-19(21)25)16-7-5-4-6-8-16/h4-14H,15H2,1-3H3. The zero-order valence-electron chi connectivity index (χ0n) is 16.5. The molecule has 0 saturated carbocycles. The molecule has 5 heteroatoms. The zero-order chi connectivity index (χ0) is 21.0. The highest BCUT2D eigenvalue weighted by Crippen LogP contribution is 2.32. The van der Waals surface area contributed by atoms with Crippen LogP contribution in [0.1, 0.15) is 26.3 Å². The van der Waals surface area contributed by atoms with Crippen molar-refractivity contribution in [1.82, 2.24) is 0 Å². The van der Waals surface area contributed by atoms with Crippen LogP contribution in [0.15, 0.2) is 75.7 Å². The molecule has 0 atom stereocenters. The predicted molar refractivity (Wildman–Crippen MR) is 124 cm³/mol. The SMILES string of the molecule is CC(C)(C)c1ccc(OC(=O)COc2ccc(-c3ccccc3)cc2Br)c(Br)c1. The molecule has 0 aliphatic carbocycles. The van der Waals surface area contributed by atoms with Gasteiger partial charge in [0.2, 0.25) is 0 Å². The lowest BCUT2D eigenvalue weighted by Crippen LogP contribution is -2.18. The second-order valence-electron chi connectivity index (χ2n) is 7.67. The van der Waals surface area contributed by atoms with E-state index in [0.717, 1.165) is 25.6 Å². The highest BCUT2D eigenvalue weighted by Gasteiger charge is 2.17. The summed E-state index contributed by atoms with van der Waals surface area (Å²) in [6, 6.07) is 21.6. The Morgan fingerprint density at radius 2 is 1.48 bits per heavy atom. The van der Waals surface area contributed by atoms with Crippen molar-refractivity contribution in [2.75, 3.05) is 6.61 Å². The van der Waals surface area contributed by atoms with Crippen LogP contribution in [0, 0.1) is 0 Å². The number of halogens is 2. The molecule has 29 heavy (non-hydrogen) atoms. The lowest BCUT2D eigenvalue weighted by Gasteiger charge is -2.20. The number of rotatable bonds is 5. The molecule has 0 aliphatic rings. The van der Waals surface area contributed by atoms with Crippen LogP contribution in [-0.4, -0.2) is 12.6 Å². The molecular weight excluding hydrogens is 496 g/mol. The van der Waals surface area contributed by atoms with Gasteiger partial charge in [0.15, 0.2) is 6.61 Å². The van der Waals surface area contributed by atoms with E-state index >= 15 is 0 Å². The maximum Gasteiger partial charge on any atom is 0.349 e. The molecule has 0 radical (unpaired) electrons. The minimum atomic E-state index is -0.465. The smallest absolute Gasteiger partial charge is 0.349 e. The van der Waals surface area contributed by atoms with Gasteiger partial charge in [0.05, 0.1) is 8.95 Å². The summed E-state index contributed by atoms with van der Waals surface area (Å²) in [5, 5.41) is 0. The third-order valence-electron chi connectivity index (χ3n) is 4.41. The van der Waals surface area contributed by atoms with Gasteiger partial charge in [-0.25, -0.2) is 4.79 Å². The van der Waals surface area contributed by atoms with E-state index in [1.807, 2.05) is 60.7 Å². The van der Waals surface area contributed by atoms with Crippen molar-refractivity contribution in [3.05, 3.63) is 81.2 Å². The van der Waals surface area contributed by atoms with E-state index in [0.29, 0.717) is 11.5 Å². The van der Waals surface area contributed by atoms with E-state index in [4.69, 9.17) is 9.47 Å². The van der Waals surface area contributed by atoms with Crippen molar-refractivity contribution in [2.45, 2.75) is 26.2 Å². The second-order valence-corrected chi connectivity index (χ2v) is 9.38. The van der Waals surface area contributed by atoms with E-state index in [2.05, 4.69) is 52.6 Å². The van der Waals surface area contributed by atoms with Crippen LogP contribution in [0.4, 0.5) is 0 Å². The van der Waals surface area contributed by atoms with Crippen LogP contribution >= 0.6 is 31.9 Å². The van der Waals surface area contributed by atoms with E-state index in [1.54, 1.807) is 6.07 Å². The summed E-state index contributed by atoms with van der Waals surface area (Å²) in [6.07, 6.45) is 0. The van der Waals surface area contributed by atoms with Crippen molar-refractivity contribution in [1.29, 1.82) is 0 Å². The third-order valence-corrected chi connectivity index (χ3v) is 5.65. The molecular formula is C24H22Br2O3. The number of ether oxygens (including phenoxy) is 2. The van der Waals surface area contributed by atoms with Crippen molar-refractivity contribution in [3.8, 4) is 22.6 Å². The first kappa shape index (κ1) is 21.6. The minimum absolute atomic E-state index is 0.0202. The van der Waals surface area contributed by atoms with Crippen LogP contribution in [0.25, 0.3) is 11.1 Å². The molecule has 0 amide bonds. The lowest BCUT2D eigenvalue weighted by molar-refractivity contribution is -0.136. The Kier molecular flexibility index (Phi) is 6.81. The quantitative estimate of drug-likeness (QED) is 0.266. The Labute approximate surface area is 188 Å². The van der Waals surface area contributed by atoms with E-state index < -0.39 is 5.97 Å². The van der Waals surface area contributed by atoms with Crippen LogP contribution in [0.2, 0.25) is 0 Å². The fourth-order valence-corrected chi connectivity index (χ4v) is 3.72. The molecule has 0 spiro atoms. The van der Waals surface area contributed by atoms with Crippen molar-refractivity contribution >= 4 is 37.8 Å². The summed E-state index contributed by atoms with van der Waals surface area (Å²) in [5.41, 5.74) is 3.35. The van der Waals surface area contributed by atoms with Gasteiger partial charge in [0.25, 0.3) is 0 Å². The molecule has 150 valence electrons. The summed E-state index contributed by atoms with van der Waals surface area (Å²) >= 11 is 7.00. The van der Waals surface area contributed by atoms with Gasteiger partial charge >= 0.3 is 5.97 Å². The number of esters is 1. The summed E-state index contributed by atoms with van der Waals surface area (Å²) in [6.45, 7) is 6.22. The summed E-state index contributed by atoms with van der Waals surface area (Å²) in [4.78, 5) is 12.2. The number of hydrogen-bond donors (Lipinski definition) is 0. The fraction of sp³-hybridized carbons (Fsp3) is 0.208. The molecule has 0 bridgehead atoms. The third kappa shape index (κ3) is 5.71. The molecule has 0 unspecified atom stereocenters. The first-order valence-electron chi connectivity index (χ1n) is 9.22. The molecule has 0 N–H and O–H groups in total. The molecule has 3 aromatic rings. The Hall–Kier alpha value is -2.11. The van der Waals surface area contributed by atoms with Gasteiger partial charge in [-0.3, -0.25) is 0 Å². The van der Waals surface area contributed by atoms with Gasteiger partial charge in [0.1, 0.15) is 11.5 Å². The normalized spacial score (nSPS) is 11.2. The summed E-state index contributed by atoms with van der Waals surface area (Å²) in [5.74, 6) is 0.599. The molecule has 3 nitrogen and oxygen atoms in total. The van der Waals surface area contributed by atoms with Gasteiger partial charge in [-0.05, 0) is 78.2 Å². The maximum atomic E-state index is 12.2. The Morgan fingerprint density at radius 3 is 2.10 bits per heavy atom. The average molecular weight is 518 g/mol. The highest BCUT2D eigenvalue weighted by atomic mass is 79.9. The maximum absolute atomic E-state index is 12.2. The minimum Gasteiger partial charge on any atom is -0.481 e. The number of carbonyl (C=O) groups excluding carboxylic acids is 1. The van der Waals surface area contributed by atoms with E-state index in [9.17, 15) is 4.79 Å². The Morgan fingerprint density at radius 1 is 0.828 bits per heavy atom. The largest absolute Gasteiger partial charge is 0.481 e. The molecule has 0 saturated heterocycles. The molecule has 0 aromatic heterocycles. The predicted octanol–water partition coefficient (Wildman–Crippen LogP) is 7.16. The van der Waals surface area contributed by atoms with Crippen molar-refractivity contribution < 1.29 is 14.3 Å². The van der Waals surface area contributed by atoms with Gasteiger partial charge in [-0.1, -0.05) is 63.2 Å². The number of hydrogen-bond acceptors (Lipinski definition) is 3. The first-order chi connectivity index (χ1) is 13.7. The van der Waals surface area contributed by atoms with E-state index in [-0.39, 0.29) is 12.0 Å². The van der Waals surface area contributed by atoms with Crippen LogP contribution in [-0.2, 0) is 10.2 Å². The monoisotopic (exact) mass is 516 g/mol. The zero-order valence-corrected chi connectivity index (χ0v) is 19.7. The van der Waals surface area contributed by atoms with Gasteiger partial charge in [0, 0.05) is 0 Å². The summed E-state index contributed by atoms with van der Waals surface area (Å²) < 4.78 is 12.6. The highest BCUT2D eigenvalue weighted by molar-refractivity contribution is 9.10. The molecule has 3 rings (SSSR count). The van der Waals surface area contributed by atoms with Gasteiger partial charge in [-0.2, -0.15) is 0 Å². The van der Waals surface area contributed by atoms with Crippen molar-refractivity contribution in [3.63, 3.8) is 0 Å². The van der Waals surface area contributed by atoms with Crippen molar-refractivity contribution in [2.24, 2.45) is 0 Å². The van der Waals surface area contributed by atoms with Crippen LogP contribution in [0.5, 0.6) is 11.5 Å². The average Bonchev–Trinajstić information content (AvgIpc) is 2.68. The fourth-order valence-electron chi connectivity index (χ4n) is 2.77. The van der Waals surface area contributed by atoms with Gasteiger partial charge < -0.3 is 9.47 Å². The first-order valence-corrected chi connectivity index (χ1v) is 10.8. The second kappa shape index (κ2) is 9.14. The van der Waals surface area contributed by atoms with Crippen LogP contribution < -0.4 is 9.47 Å². The number of carbonyl (C=O) groups is 1. The molecule has 3 aromatic carbocycles. The van der Waals surface area contributed by atoms with Gasteiger partial charge in [-0.15, -0.1) is 0 Å². The molecule has 0 heterocycles. The topological polar surface area (TPSA) is 35.5 Å². The molecule has 0 aliphatic heterocycles. The number of benzene rings is 3. The molecule has 0 fully saturated rings.